The minimum absolute atomic E-state index is 0.0388. The molecule has 142 valence electrons. The summed E-state index contributed by atoms with van der Waals surface area (Å²) in [4.78, 5) is 21.0. The third-order valence-electron chi connectivity index (χ3n) is 4.68. The lowest BCUT2D eigenvalue weighted by atomic mass is 10.0. The number of pyridine rings is 2. The van der Waals surface area contributed by atoms with Gasteiger partial charge in [-0.2, -0.15) is 0 Å². The Bertz CT molecular complexity index is 1100. The van der Waals surface area contributed by atoms with Gasteiger partial charge in [0.1, 0.15) is 0 Å². The lowest BCUT2D eigenvalue weighted by Gasteiger charge is -2.08. The van der Waals surface area contributed by atoms with E-state index in [2.05, 4.69) is 21.4 Å². The number of carbonyl (C=O) groups is 1. The monoisotopic (exact) mass is 379 g/mol. The molecule has 0 radical (unpaired) electrons. The second kappa shape index (κ2) is 8.48. The SMILES string of the molecule is Cc1cc(-c2ccc(CC(=O)Nc3ccc(-c4ccccn4)cc3)cc2)ccn1. The fourth-order valence-electron chi connectivity index (χ4n) is 3.19. The Morgan fingerprint density at radius 3 is 2.24 bits per heavy atom. The van der Waals surface area contributed by atoms with Crippen LogP contribution in [-0.4, -0.2) is 15.9 Å². The number of hydrogen-bond donors (Lipinski definition) is 1. The predicted octanol–water partition coefficient (Wildman–Crippen LogP) is 5.30. The van der Waals surface area contributed by atoms with Gasteiger partial charge in [-0.1, -0.05) is 42.5 Å². The molecule has 0 fully saturated rings. The predicted molar refractivity (Wildman–Crippen MR) is 116 cm³/mol. The van der Waals surface area contributed by atoms with Crippen LogP contribution in [0.2, 0.25) is 0 Å². The van der Waals surface area contributed by atoms with E-state index in [1.165, 1.54) is 0 Å². The average molecular weight is 379 g/mol. The third-order valence-corrected chi connectivity index (χ3v) is 4.68. The largest absolute Gasteiger partial charge is 0.326 e. The van der Waals surface area contributed by atoms with Gasteiger partial charge in [0.2, 0.25) is 5.91 Å². The maximum Gasteiger partial charge on any atom is 0.228 e. The molecular weight excluding hydrogens is 358 g/mol. The van der Waals surface area contributed by atoms with Crippen LogP contribution in [0.25, 0.3) is 22.4 Å². The molecule has 4 aromatic rings. The Morgan fingerprint density at radius 2 is 1.55 bits per heavy atom. The number of rotatable bonds is 5. The molecule has 4 nitrogen and oxygen atoms in total. The number of carbonyl (C=O) groups excluding carboxylic acids is 1. The van der Waals surface area contributed by atoms with Gasteiger partial charge in [-0.05, 0) is 60.0 Å². The highest BCUT2D eigenvalue weighted by Crippen LogP contribution is 2.21. The van der Waals surface area contributed by atoms with Crippen LogP contribution in [0.4, 0.5) is 5.69 Å². The van der Waals surface area contributed by atoms with Gasteiger partial charge >= 0.3 is 0 Å². The summed E-state index contributed by atoms with van der Waals surface area (Å²) in [6.07, 6.45) is 3.91. The molecular formula is C25H21N3O. The molecule has 0 spiro atoms. The highest BCUT2D eigenvalue weighted by molar-refractivity contribution is 5.92. The van der Waals surface area contributed by atoms with Gasteiger partial charge in [0.25, 0.3) is 0 Å². The smallest absolute Gasteiger partial charge is 0.228 e. The summed E-state index contributed by atoms with van der Waals surface area (Å²) in [5.74, 6) is -0.0388. The molecule has 0 aliphatic rings. The first-order valence-electron chi connectivity index (χ1n) is 9.51. The minimum atomic E-state index is -0.0388. The number of aromatic nitrogens is 2. The summed E-state index contributed by atoms with van der Waals surface area (Å²) in [6.45, 7) is 1.98. The zero-order chi connectivity index (χ0) is 20.1. The van der Waals surface area contributed by atoms with Crippen LogP contribution in [-0.2, 0) is 11.2 Å². The topological polar surface area (TPSA) is 54.9 Å². The van der Waals surface area contributed by atoms with Gasteiger partial charge in [-0.15, -0.1) is 0 Å². The normalized spacial score (nSPS) is 10.5. The van der Waals surface area contributed by atoms with Gasteiger partial charge < -0.3 is 5.32 Å². The summed E-state index contributed by atoms with van der Waals surface area (Å²) in [5.41, 5.74) is 6.91. The van der Waals surface area contributed by atoms with Gasteiger partial charge in [0.15, 0.2) is 0 Å². The van der Waals surface area contributed by atoms with Crippen molar-refractivity contribution in [1.29, 1.82) is 0 Å². The standard InChI is InChI=1S/C25H21N3O/c1-18-16-22(13-15-26-18)20-7-5-19(6-8-20)17-25(29)28-23-11-9-21(10-12-23)24-4-2-3-14-27-24/h2-16H,17H2,1H3,(H,28,29). The Labute approximate surface area is 170 Å². The Hall–Kier alpha value is -3.79. The molecule has 0 unspecified atom stereocenters. The second-order valence-corrected chi connectivity index (χ2v) is 6.90. The van der Waals surface area contributed by atoms with E-state index in [-0.39, 0.29) is 5.91 Å². The summed E-state index contributed by atoms with van der Waals surface area (Å²) in [7, 11) is 0. The summed E-state index contributed by atoms with van der Waals surface area (Å²) < 4.78 is 0. The number of anilines is 1. The van der Waals surface area contributed by atoms with E-state index >= 15 is 0 Å². The van der Waals surface area contributed by atoms with Crippen LogP contribution in [0.5, 0.6) is 0 Å². The Morgan fingerprint density at radius 1 is 0.793 bits per heavy atom. The zero-order valence-corrected chi connectivity index (χ0v) is 16.2. The highest BCUT2D eigenvalue weighted by Gasteiger charge is 2.06. The third kappa shape index (κ3) is 4.74. The molecule has 0 saturated heterocycles. The van der Waals surface area contributed by atoms with Crippen LogP contribution in [0.15, 0.2) is 91.3 Å². The first-order valence-corrected chi connectivity index (χ1v) is 9.51. The van der Waals surface area contributed by atoms with Crippen molar-refractivity contribution in [3.63, 3.8) is 0 Å². The summed E-state index contributed by atoms with van der Waals surface area (Å²) >= 11 is 0. The molecule has 0 aliphatic carbocycles. The number of nitrogens with one attached hydrogen (secondary N) is 1. The van der Waals surface area contributed by atoms with Crippen molar-refractivity contribution in [2.24, 2.45) is 0 Å². The van der Waals surface area contributed by atoms with Crippen LogP contribution in [0, 0.1) is 6.92 Å². The molecule has 2 aromatic carbocycles. The molecule has 0 bridgehead atoms. The van der Waals surface area contributed by atoms with Gasteiger partial charge in [0.05, 0.1) is 12.1 Å². The van der Waals surface area contributed by atoms with E-state index in [9.17, 15) is 4.79 Å². The molecule has 2 aromatic heterocycles. The zero-order valence-electron chi connectivity index (χ0n) is 16.2. The molecule has 4 heteroatoms. The van der Waals surface area contributed by atoms with Crippen molar-refractivity contribution in [1.82, 2.24) is 9.97 Å². The molecule has 1 amide bonds. The maximum absolute atomic E-state index is 12.4. The van der Waals surface area contributed by atoms with Crippen molar-refractivity contribution in [3.8, 4) is 22.4 Å². The van der Waals surface area contributed by atoms with E-state index < -0.39 is 0 Å². The Balaban J connectivity index is 1.38. The van der Waals surface area contributed by atoms with Crippen molar-refractivity contribution in [2.45, 2.75) is 13.3 Å². The highest BCUT2D eigenvalue weighted by atomic mass is 16.1. The van der Waals surface area contributed by atoms with Crippen molar-refractivity contribution >= 4 is 11.6 Å². The van der Waals surface area contributed by atoms with Crippen LogP contribution in [0.3, 0.4) is 0 Å². The molecule has 0 aliphatic heterocycles. The number of hydrogen-bond acceptors (Lipinski definition) is 3. The number of benzene rings is 2. The van der Waals surface area contributed by atoms with Crippen molar-refractivity contribution < 1.29 is 4.79 Å². The fraction of sp³-hybridized carbons (Fsp3) is 0.0800. The van der Waals surface area contributed by atoms with E-state index in [0.29, 0.717) is 6.42 Å². The van der Waals surface area contributed by atoms with E-state index in [4.69, 9.17) is 0 Å². The van der Waals surface area contributed by atoms with Crippen LogP contribution in [0.1, 0.15) is 11.3 Å². The maximum atomic E-state index is 12.4. The summed E-state index contributed by atoms with van der Waals surface area (Å²) in [5, 5.41) is 2.96. The first kappa shape index (κ1) is 18.6. The first-order chi connectivity index (χ1) is 14.2. The summed E-state index contributed by atoms with van der Waals surface area (Å²) in [6, 6.07) is 25.6. The van der Waals surface area contributed by atoms with E-state index in [0.717, 1.165) is 39.3 Å². The van der Waals surface area contributed by atoms with Gasteiger partial charge in [-0.3, -0.25) is 14.8 Å². The quantitative estimate of drug-likeness (QED) is 0.512. The molecule has 4 rings (SSSR count). The second-order valence-electron chi connectivity index (χ2n) is 6.90. The average Bonchev–Trinajstić information content (AvgIpc) is 2.75. The van der Waals surface area contributed by atoms with Gasteiger partial charge in [-0.25, -0.2) is 0 Å². The fourth-order valence-corrected chi connectivity index (χ4v) is 3.19. The number of aryl methyl sites for hydroxylation is 1. The lowest BCUT2D eigenvalue weighted by molar-refractivity contribution is -0.115. The van der Waals surface area contributed by atoms with E-state index in [1.807, 2.05) is 85.9 Å². The molecule has 2 heterocycles. The van der Waals surface area contributed by atoms with Gasteiger partial charge in [0, 0.05) is 29.3 Å². The molecule has 29 heavy (non-hydrogen) atoms. The van der Waals surface area contributed by atoms with Crippen LogP contribution < -0.4 is 5.32 Å². The van der Waals surface area contributed by atoms with Crippen molar-refractivity contribution in [3.05, 3.63) is 103 Å². The number of nitrogens with zero attached hydrogens (tertiary/aromatic N) is 2. The van der Waals surface area contributed by atoms with Crippen molar-refractivity contribution in [2.75, 3.05) is 5.32 Å². The molecule has 1 N–H and O–H groups in total. The minimum Gasteiger partial charge on any atom is -0.326 e. The molecule has 0 atom stereocenters. The number of amides is 1. The lowest BCUT2D eigenvalue weighted by Crippen LogP contribution is -2.14. The van der Waals surface area contributed by atoms with Crippen LogP contribution >= 0.6 is 0 Å². The van der Waals surface area contributed by atoms with E-state index in [1.54, 1.807) is 6.20 Å². The Kier molecular flexibility index (Phi) is 5.43. The molecule has 0 saturated carbocycles.